The molecule has 180 valence electrons. The smallest absolute Gasteiger partial charge is 0.419 e. The lowest BCUT2D eigenvalue weighted by molar-refractivity contribution is -0.138. The molecule has 1 aliphatic heterocycles. The van der Waals surface area contributed by atoms with Gasteiger partial charge in [0.25, 0.3) is 0 Å². The van der Waals surface area contributed by atoms with Gasteiger partial charge in [-0.15, -0.1) is 0 Å². The van der Waals surface area contributed by atoms with E-state index in [9.17, 15) is 23.1 Å². The Morgan fingerprint density at radius 3 is 2.59 bits per heavy atom. The van der Waals surface area contributed by atoms with Gasteiger partial charge in [-0.25, -0.2) is 0 Å². The highest BCUT2D eigenvalue weighted by molar-refractivity contribution is 5.89. The third kappa shape index (κ3) is 5.48. The van der Waals surface area contributed by atoms with Crippen molar-refractivity contribution in [2.24, 2.45) is 0 Å². The molecule has 1 aliphatic rings. The molecule has 0 spiro atoms. The molecule has 1 amide bonds. The van der Waals surface area contributed by atoms with Gasteiger partial charge in [-0.2, -0.15) is 18.2 Å². The van der Waals surface area contributed by atoms with Crippen LogP contribution in [0.3, 0.4) is 0 Å². The third-order valence-electron chi connectivity index (χ3n) is 5.33. The Balaban J connectivity index is 1.38. The fourth-order valence-electron chi connectivity index (χ4n) is 3.49. The lowest BCUT2D eigenvalue weighted by Gasteiger charge is -2.23. The number of benzene rings is 2. The number of halogens is 3. The molecule has 0 atom stereocenters. The highest BCUT2D eigenvalue weighted by Gasteiger charge is 2.35. The molecule has 3 aromatic rings. The maximum absolute atomic E-state index is 13.2. The quantitative estimate of drug-likeness (QED) is 0.546. The Kier molecular flexibility index (Phi) is 6.73. The van der Waals surface area contributed by atoms with Crippen LogP contribution in [-0.2, 0) is 17.5 Å². The summed E-state index contributed by atoms with van der Waals surface area (Å²) < 4.78 is 55.6. The van der Waals surface area contributed by atoms with Gasteiger partial charge in [-0.1, -0.05) is 17.3 Å². The number of carbonyl (C=O) groups excluding carboxylic acids is 1. The second kappa shape index (κ2) is 9.72. The normalized spacial score (nSPS) is 14.7. The number of alkyl halides is 3. The topological polar surface area (TPSA) is 107 Å². The molecule has 0 radical (unpaired) electrons. The number of nitrogens with zero attached hydrogens (tertiary/aromatic N) is 2. The Bertz CT molecular complexity index is 1160. The number of phenols is 1. The number of nitrogens with one attached hydrogen (secondary N) is 1. The van der Waals surface area contributed by atoms with Gasteiger partial charge in [0.15, 0.2) is 0 Å². The van der Waals surface area contributed by atoms with Crippen molar-refractivity contribution in [3.8, 4) is 22.9 Å². The number of aromatic nitrogens is 2. The van der Waals surface area contributed by atoms with Gasteiger partial charge < -0.3 is 24.4 Å². The van der Waals surface area contributed by atoms with Crippen molar-refractivity contribution in [3.63, 3.8) is 0 Å². The summed E-state index contributed by atoms with van der Waals surface area (Å²) >= 11 is 0. The SMILES string of the molecule is Cc1cc(-c2noc(C(=O)NCc3ccc(OC4CCOCC4)cc3)n2)cc(C(F)(F)F)c1O. The van der Waals surface area contributed by atoms with E-state index in [0.717, 1.165) is 24.2 Å². The zero-order chi connectivity index (χ0) is 24.3. The van der Waals surface area contributed by atoms with Crippen LogP contribution in [0, 0.1) is 6.92 Å². The zero-order valence-electron chi connectivity index (χ0n) is 18.2. The van der Waals surface area contributed by atoms with Crippen LogP contribution in [0.5, 0.6) is 11.5 Å². The molecule has 4 rings (SSSR count). The summed E-state index contributed by atoms with van der Waals surface area (Å²) in [7, 11) is 0. The summed E-state index contributed by atoms with van der Waals surface area (Å²) in [5.41, 5.74) is -0.464. The summed E-state index contributed by atoms with van der Waals surface area (Å²) in [5.74, 6) is -1.41. The first kappa shape index (κ1) is 23.6. The van der Waals surface area contributed by atoms with Gasteiger partial charge in [0.05, 0.1) is 18.8 Å². The molecule has 0 aliphatic carbocycles. The number of hydrogen-bond donors (Lipinski definition) is 2. The van der Waals surface area contributed by atoms with Gasteiger partial charge >= 0.3 is 18.0 Å². The van der Waals surface area contributed by atoms with Crippen LogP contribution in [-0.4, -0.2) is 40.5 Å². The van der Waals surface area contributed by atoms with Gasteiger partial charge in [-0.05, 0) is 42.3 Å². The van der Waals surface area contributed by atoms with Gasteiger partial charge in [0.1, 0.15) is 17.6 Å². The Morgan fingerprint density at radius 1 is 1.21 bits per heavy atom. The highest BCUT2D eigenvalue weighted by Crippen LogP contribution is 2.39. The molecule has 2 heterocycles. The monoisotopic (exact) mass is 477 g/mol. The lowest BCUT2D eigenvalue weighted by Crippen LogP contribution is -2.26. The molecule has 0 saturated carbocycles. The predicted molar refractivity (Wildman–Crippen MR) is 113 cm³/mol. The van der Waals surface area contributed by atoms with E-state index in [1.165, 1.54) is 13.0 Å². The largest absolute Gasteiger partial charge is 0.507 e. The summed E-state index contributed by atoms with van der Waals surface area (Å²) in [6.07, 6.45) is -2.97. The van der Waals surface area contributed by atoms with Crippen molar-refractivity contribution in [1.82, 2.24) is 15.5 Å². The molecule has 34 heavy (non-hydrogen) atoms. The Labute approximate surface area is 192 Å². The molecule has 0 bridgehead atoms. The van der Waals surface area contributed by atoms with E-state index >= 15 is 0 Å². The van der Waals surface area contributed by atoms with E-state index in [4.69, 9.17) is 14.0 Å². The second-order valence-electron chi connectivity index (χ2n) is 7.87. The second-order valence-corrected chi connectivity index (χ2v) is 7.87. The number of aryl methyl sites for hydroxylation is 1. The maximum Gasteiger partial charge on any atom is 0.419 e. The number of aromatic hydroxyl groups is 1. The average Bonchev–Trinajstić information content (AvgIpc) is 3.30. The van der Waals surface area contributed by atoms with Crippen molar-refractivity contribution in [1.29, 1.82) is 0 Å². The van der Waals surface area contributed by atoms with E-state index < -0.39 is 29.3 Å². The number of rotatable bonds is 6. The van der Waals surface area contributed by atoms with Crippen LogP contribution >= 0.6 is 0 Å². The summed E-state index contributed by atoms with van der Waals surface area (Å²) in [6, 6.07) is 9.23. The van der Waals surface area contributed by atoms with E-state index in [-0.39, 0.29) is 29.6 Å². The van der Waals surface area contributed by atoms with Gasteiger partial charge in [0, 0.05) is 24.9 Å². The van der Waals surface area contributed by atoms with E-state index in [2.05, 4.69) is 15.5 Å². The molecule has 8 nitrogen and oxygen atoms in total. The molecule has 0 unspecified atom stereocenters. The molecular weight excluding hydrogens is 455 g/mol. The first-order valence-corrected chi connectivity index (χ1v) is 10.6. The van der Waals surface area contributed by atoms with E-state index in [0.29, 0.717) is 19.3 Å². The van der Waals surface area contributed by atoms with Gasteiger partial charge in [0.2, 0.25) is 5.82 Å². The van der Waals surface area contributed by atoms with Crippen molar-refractivity contribution >= 4 is 5.91 Å². The molecule has 11 heteroatoms. The minimum atomic E-state index is -4.76. The van der Waals surface area contributed by atoms with Crippen molar-refractivity contribution in [2.45, 2.75) is 38.6 Å². The van der Waals surface area contributed by atoms with Crippen LogP contribution < -0.4 is 10.1 Å². The number of hydrogen-bond acceptors (Lipinski definition) is 7. The van der Waals surface area contributed by atoms with Crippen molar-refractivity contribution in [3.05, 3.63) is 59.0 Å². The first-order valence-electron chi connectivity index (χ1n) is 10.6. The minimum absolute atomic E-state index is 0.00938. The fraction of sp³-hybridized carbons (Fsp3) is 0.348. The van der Waals surface area contributed by atoms with Crippen LogP contribution in [0.15, 0.2) is 40.9 Å². The maximum atomic E-state index is 13.2. The molecule has 1 fully saturated rings. The summed E-state index contributed by atoms with van der Waals surface area (Å²) in [4.78, 5) is 16.3. The zero-order valence-corrected chi connectivity index (χ0v) is 18.2. The number of carbonyl (C=O) groups is 1. The number of ether oxygens (including phenoxy) is 2. The van der Waals surface area contributed by atoms with Crippen LogP contribution in [0.1, 0.15) is 40.2 Å². The number of amides is 1. The van der Waals surface area contributed by atoms with Gasteiger partial charge in [-0.3, -0.25) is 4.79 Å². The summed E-state index contributed by atoms with van der Waals surface area (Å²) in [5, 5.41) is 15.9. The molecule has 2 N–H and O–H groups in total. The minimum Gasteiger partial charge on any atom is -0.507 e. The van der Waals surface area contributed by atoms with Crippen LogP contribution in [0.25, 0.3) is 11.4 Å². The van der Waals surface area contributed by atoms with Crippen molar-refractivity contribution in [2.75, 3.05) is 13.2 Å². The fourth-order valence-corrected chi connectivity index (χ4v) is 3.49. The third-order valence-corrected chi connectivity index (χ3v) is 5.33. The summed E-state index contributed by atoms with van der Waals surface area (Å²) in [6.45, 7) is 2.86. The Hall–Kier alpha value is -3.60. The molecule has 1 saturated heterocycles. The molecular formula is C23H22F3N3O5. The molecule has 2 aromatic carbocycles. The van der Waals surface area contributed by atoms with Crippen LogP contribution in [0.2, 0.25) is 0 Å². The lowest BCUT2D eigenvalue weighted by atomic mass is 10.0. The highest BCUT2D eigenvalue weighted by atomic mass is 19.4. The predicted octanol–water partition coefficient (Wildman–Crippen LogP) is 4.26. The van der Waals surface area contributed by atoms with Crippen LogP contribution in [0.4, 0.5) is 13.2 Å². The first-order chi connectivity index (χ1) is 16.2. The van der Waals surface area contributed by atoms with E-state index in [1.807, 2.05) is 24.3 Å². The average molecular weight is 477 g/mol. The standard InChI is InChI=1S/C23H22F3N3O5/c1-13-10-15(11-18(19(13)30)23(24,25)26)20-28-22(34-29-20)21(31)27-12-14-2-4-16(5-3-14)33-17-6-8-32-9-7-17/h2-5,10-11,17,30H,6-9,12H2,1H3,(H,27,31). The molecule has 1 aromatic heterocycles. The van der Waals surface area contributed by atoms with Crippen molar-refractivity contribution < 1.29 is 37.1 Å². The van der Waals surface area contributed by atoms with E-state index in [1.54, 1.807) is 0 Å². The number of phenolic OH excluding ortho intramolecular Hbond substituents is 1. The Morgan fingerprint density at radius 2 is 1.91 bits per heavy atom.